The fourth-order valence-corrected chi connectivity index (χ4v) is 2.33. The Kier molecular flexibility index (Phi) is 3.11. The fraction of sp³-hybridized carbons (Fsp3) is 0.176. The van der Waals surface area contributed by atoms with Gasteiger partial charge in [0.1, 0.15) is 5.69 Å². The summed E-state index contributed by atoms with van der Waals surface area (Å²) >= 11 is 0. The van der Waals surface area contributed by atoms with Crippen LogP contribution in [0.4, 0.5) is 0 Å². The maximum Gasteiger partial charge on any atom is 0.169 e. The summed E-state index contributed by atoms with van der Waals surface area (Å²) in [4.78, 5) is 12.6. The Morgan fingerprint density at radius 1 is 1.05 bits per heavy atom. The van der Waals surface area contributed by atoms with Gasteiger partial charge in [0.2, 0.25) is 0 Å². The minimum Gasteiger partial charge on any atom is -0.294 e. The van der Waals surface area contributed by atoms with Gasteiger partial charge in [-0.25, -0.2) is 4.52 Å². The molecule has 0 spiro atoms. The van der Waals surface area contributed by atoms with Crippen molar-refractivity contribution in [1.82, 2.24) is 9.61 Å². The second-order valence-corrected chi connectivity index (χ2v) is 5.14. The molecule has 0 fully saturated rings. The van der Waals surface area contributed by atoms with Gasteiger partial charge >= 0.3 is 0 Å². The van der Waals surface area contributed by atoms with Crippen LogP contribution in [0.2, 0.25) is 0 Å². The molecule has 0 aliphatic heterocycles. The van der Waals surface area contributed by atoms with Crippen LogP contribution in [0.5, 0.6) is 0 Å². The second-order valence-electron chi connectivity index (χ2n) is 5.14. The van der Waals surface area contributed by atoms with E-state index in [0.29, 0.717) is 5.56 Å². The molecule has 0 unspecified atom stereocenters. The first kappa shape index (κ1) is 12.6. The lowest BCUT2D eigenvalue weighted by atomic mass is 9.97. The van der Waals surface area contributed by atoms with E-state index in [1.165, 1.54) is 0 Å². The van der Waals surface area contributed by atoms with Gasteiger partial charge in [0.25, 0.3) is 0 Å². The highest BCUT2D eigenvalue weighted by Crippen LogP contribution is 2.28. The van der Waals surface area contributed by atoms with Crippen LogP contribution >= 0.6 is 0 Å². The Morgan fingerprint density at radius 3 is 2.45 bits per heavy atom. The van der Waals surface area contributed by atoms with Gasteiger partial charge in [0.15, 0.2) is 5.78 Å². The molecule has 0 N–H and O–H groups in total. The van der Waals surface area contributed by atoms with Crippen LogP contribution in [0.1, 0.15) is 24.2 Å². The van der Waals surface area contributed by atoms with Gasteiger partial charge in [0.05, 0.1) is 11.1 Å². The van der Waals surface area contributed by atoms with Crippen LogP contribution in [0.3, 0.4) is 0 Å². The number of nitrogens with zero attached hydrogens (tertiary/aromatic N) is 2. The molecule has 100 valence electrons. The van der Waals surface area contributed by atoms with Gasteiger partial charge < -0.3 is 0 Å². The smallest absolute Gasteiger partial charge is 0.169 e. The number of ketones is 1. The zero-order valence-corrected chi connectivity index (χ0v) is 11.6. The van der Waals surface area contributed by atoms with Gasteiger partial charge in [-0.1, -0.05) is 50.2 Å². The fourth-order valence-electron chi connectivity index (χ4n) is 2.33. The quantitative estimate of drug-likeness (QED) is 0.673. The molecule has 0 aliphatic rings. The van der Waals surface area contributed by atoms with Crippen molar-refractivity contribution < 1.29 is 4.79 Å². The Hall–Kier alpha value is -2.42. The average molecular weight is 264 g/mol. The zero-order chi connectivity index (χ0) is 14.1. The largest absolute Gasteiger partial charge is 0.294 e. The minimum absolute atomic E-state index is 0.0503. The molecule has 0 amide bonds. The Bertz CT molecular complexity index is 757. The number of hydrogen-bond donors (Lipinski definition) is 0. The third kappa shape index (κ3) is 2.01. The van der Waals surface area contributed by atoms with Crippen molar-refractivity contribution in [2.45, 2.75) is 13.8 Å². The number of Topliss-reactive ketones (excluding diaryl/α,β-unsaturated/α-hetero) is 1. The van der Waals surface area contributed by atoms with Crippen LogP contribution in [0.15, 0.2) is 54.7 Å². The maximum atomic E-state index is 12.6. The molecular weight excluding hydrogens is 248 g/mol. The molecule has 0 radical (unpaired) electrons. The zero-order valence-electron chi connectivity index (χ0n) is 11.6. The summed E-state index contributed by atoms with van der Waals surface area (Å²) in [6, 6.07) is 15.6. The van der Waals surface area contributed by atoms with Crippen molar-refractivity contribution in [2.24, 2.45) is 5.92 Å². The van der Waals surface area contributed by atoms with Gasteiger partial charge in [-0.05, 0) is 12.1 Å². The van der Waals surface area contributed by atoms with Crippen LogP contribution in [-0.2, 0) is 0 Å². The monoisotopic (exact) mass is 264 g/mol. The summed E-state index contributed by atoms with van der Waals surface area (Å²) in [5.74, 6) is 0.0794. The Balaban J connectivity index is 2.31. The van der Waals surface area contributed by atoms with E-state index in [9.17, 15) is 4.79 Å². The van der Waals surface area contributed by atoms with E-state index >= 15 is 0 Å². The molecule has 3 nitrogen and oxygen atoms in total. The Morgan fingerprint density at radius 2 is 1.75 bits per heavy atom. The Labute approximate surface area is 117 Å². The van der Waals surface area contributed by atoms with Gasteiger partial charge in [-0.2, -0.15) is 5.10 Å². The molecule has 3 aromatic rings. The van der Waals surface area contributed by atoms with Crippen molar-refractivity contribution in [2.75, 3.05) is 0 Å². The van der Waals surface area contributed by atoms with Gasteiger partial charge in [-0.3, -0.25) is 4.79 Å². The van der Waals surface area contributed by atoms with Crippen molar-refractivity contribution in [1.29, 1.82) is 0 Å². The molecule has 0 bridgehead atoms. The van der Waals surface area contributed by atoms with E-state index in [4.69, 9.17) is 0 Å². The molecule has 0 aliphatic carbocycles. The molecule has 3 heteroatoms. The van der Waals surface area contributed by atoms with Gasteiger partial charge in [0, 0.05) is 17.7 Å². The number of pyridine rings is 1. The summed E-state index contributed by atoms with van der Waals surface area (Å²) in [6.45, 7) is 3.84. The number of carbonyl (C=O) groups is 1. The first-order valence-electron chi connectivity index (χ1n) is 6.75. The second kappa shape index (κ2) is 4.93. The molecule has 2 heterocycles. The summed E-state index contributed by atoms with van der Waals surface area (Å²) < 4.78 is 1.78. The average Bonchev–Trinajstić information content (AvgIpc) is 2.86. The standard InChI is InChI=1S/C17H16N2O/c1-12(2)17(20)15-14-10-6-7-11-19(14)18-16(15)13-8-4-3-5-9-13/h3-12H,1-2H3. The molecule has 20 heavy (non-hydrogen) atoms. The van der Waals surface area contributed by atoms with Crippen LogP contribution in [0.25, 0.3) is 16.8 Å². The molecule has 3 rings (SSSR count). The first-order chi connectivity index (χ1) is 9.68. The number of carbonyl (C=O) groups excluding carboxylic acids is 1. The lowest BCUT2D eigenvalue weighted by molar-refractivity contribution is 0.0941. The lowest BCUT2D eigenvalue weighted by Gasteiger charge is -2.05. The van der Waals surface area contributed by atoms with Crippen LogP contribution in [-0.4, -0.2) is 15.4 Å². The highest BCUT2D eigenvalue weighted by Gasteiger charge is 2.22. The van der Waals surface area contributed by atoms with Crippen molar-refractivity contribution in [3.8, 4) is 11.3 Å². The van der Waals surface area contributed by atoms with E-state index in [0.717, 1.165) is 16.8 Å². The number of rotatable bonds is 3. The molecule has 0 saturated heterocycles. The number of hydrogen-bond acceptors (Lipinski definition) is 2. The van der Waals surface area contributed by atoms with Crippen LogP contribution in [0, 0.1) is 5.92 Å². The van der Waals surface area contributed by atoms with E-state index in [2.05, 4.69) is 5.10 Å². The highest BCUT2D eigenvalue weighted by atomic mass is 16.1. The molecule has 1 aromatic carbocycles. The highest BCUT2D eigenvalue weighted by molar-refractivity contribution is 6.08. The minimum atomic E-state index is -0.0503. The van der Waals surface area contributed by atoms with E-state index in [-0.39, 0.29) is 11.7 Å². The predicted molar refractivity (Wildman–Crippen MR) is 79.8 cm³/mol. The number of fused-ring (bicyclic) bond motifs is 1. The molecule has 0 atom stereocenters. The van der Waals surface area contributed by atoms with Crippen LogP contribution < -0.4 is 0 Å². The maximum absolute atomic E-state index is 12.6. The van der Waals surface area contributed by atoms with E-state index in [1.807, 2.05) is 68.6 Å². The molecule has 0 saturated carbocycles. The number of benzene rings is 1. The van der Waals surface area contributed by atoms with Crippen molar-refractivity contribution in [3.63, 3.8) is 0 Å². The predicted octanol–water partition coefficient (Wildman–Crippen LogP) is 3.84. The summed E-state index contributed by atoms with van der Waals surface area (Å²) in [5.41, 5.74) is 3.31. The summed E-state index contributed by atoms with van der Waals surface area (Å²) in [7, 11) is 0. The summed E-state index contributed by atoms with van der Waals surface area (Å²) in [6.07, 6.45) is 1.87. The lowest BCUT2D eigenvalue weighted by Crippen LogP contribution is -2.08. The molecular formula is C17H16N2O. The SMILES string of the molecule is CC(C)C(=O)c1c(-c2ccccc2)nn2ccccc12. The first-order valence-corrected chi connectivity index (χ1v) is 6.75. The van der Waals surface area contributed by atoms with Gasteiger partial charge in [-0.15, -0.1) is 0 Å². The van der Waals surface area contributed by atoms with Crippen molar-refractivity contribution >= 4 is 11.3 Å². The van der Waals surface area contributed by atoms with E-state index in [1.54, 1.807) is 4.52 Å². The third-order valence-electron chi connectivity index (χ3n) is 3.36. The topological polar surface area (TPSA) is 34.4 Å². The van der Waals surface area contributed by atoms with Crippen molar-refractivity contribution in [3.05, 3.63) is 60.3 Å². The van der Waals surface area contributed by atoms with E-state index < -0.39 is 0 Å². The number of aromatic nitrogens is 2. The normalized spacial score (nSPS) is 11.2. The molecule has 2 aromatic heterocycles. The third-order valence-corrected chi connectivity index (χ3v) is 3.36. The summed E-state index contributed by atoms with van der Waals surface area (Å²) in [5, 5.41) is 4.58.